The van der Waals surface area contributed by atoms with Crippen molar-refractivity contribution in [3.8, 4) is 5.75 Å². The van der Waals surface area contributed by atoms with E-state index in [9.17, 15) is 9.59 Å². The molecule has 0 spiro atoms. The molecule has 1 saturated heterocycles. The summed E-state index contributed by atoms with van der Waals surface area (Å²) in [6.45, 7) is 4.16. The summed E-state index contributed by atoms with van der Waals surface area (Å²) in [4.78, 5) is 29.0. The molecule has 1 fully saturated rings. The lowest BCUT2D eigenvalue weighted by atomic mass is 10.0. The standard InChI is InChI=1S/C25H37NO5/c1-20-13-11-16-23(21(20)2)30-19-25(28)31-26-22-14-9-7-5-3-4-6-8-10-17-24(27)29-18-12-15-22/h11,13,16H,3-10,12,14-15,17-19H2,1-2H3. The van der Waals surface area contributed by atoms with E-state index < -0.39 is 5.97 Å². The Morgan fingerprint density at radius 3 is 2.32 bits per heavy atom. The number of carbonyl (C=O) groups is 2. The molecule has 0 amide bonds. The highest BCUT2D eigenvalue weighted by Crippen LogP contribution is 2.20. The zero-order chi connectivity index (χ0) is 22.3. The van der Waals surface area contributed by atoms with Crippen molar-refractivity contribution < 1.29 is 23.9 Å². The number of oxime groups is 1. The first kappa shape index (κ1) is 24.9. The number of cyclic esters (lactones) is 1. The Bertz CT molecular complexity index is 729. The van der Waals surface area contributed by atoms with Crippen LogP contribution < -0.4 is 4.74 Å². The van der Waals surface area contributed by atoms with E-state index in [2.05, 4.69) is 5.16 Å². The molecule has 0 atom stereocenters. The molecule has 0 aliphatic carbocycles. The van der Waals surface area contributed by atoms with Crippen molar-refractivity contribution >= 4 is 17.7 Å². The maximum atomic E-state index is 12.1. The Balaban J connectivity index is 1.83. The molecule has 2 rings (SSSR count). The minimum atomic E-state index is -0.521. The molecule has 172 valence electrons. The molecule has 1 aliphatic rings. The van der Waals surface area contributed by atoms with E-state index in [1.165, 1.54) is 25.7 Å². The van der Waals surface area contributed by atoms with Crippen molar-refractivity contribution in [2.75, 3.05) is 13.2 Å². The van der Waals surface area contributed by atoms with Gasteiger partial charge in [-0.05, 0) is 63.1 Å². The van der Waals surface area contributed by atoms with Gasteiger partial charge < -0.3 is 14.3 Å². The summed E-state index contributed by atoms with van der Waals surface area (Å²) >= 11 is 0. The second kappa shape index (κ2) is 14.6. The van der Waals surface area contributed by atoms with E-state index in [1.54, 1.807) is 0 Å². The van der Waals surface area contributed by atoms with Crippen molar-refractivity contribution in [3.05, 3.63) is 29.3 Å². The predicted octanol–water partition coefficient (Wildman–Crippen LogP) is 5.82. The molecule has 1 aromatic rings. The molecule has 0 bridgehead atoms. The molecule has 0 saturated carbocycles. The van der Waals surface area contributed by atoms with Crippen LogP contribution in [0.5, 0.6) is 5.75 Å². The normalized spacial score (nSPS) is 18.9. The summed E-state index contributed by atoms with van der Waals surface area (Å²) in [6.07, 6.45) is 11.6. The molecule has 0 unspecified atom stereocenters. The average Bonchev–Trinajstić information content (AvgIpc) is 2.75. The highest BCUT2D eigenvalue weighted by molar-refractivity contribution is 5.85. The van der Waals surface area contributed by atoms with Crippen LogP contribution in [0.4, 0.5) is 0 Å². The van der Waals surface area contributed by atoms with Crippen LogP contribution in [-0.2, 0) is 19.2 Å². The maximum absolute atomic E-state index is 12.1. The van der Waals surface area contributed by atoms with E-state index in [0.29, 0.717) is 31.6 Å². The lowest BCUT2D eigenvalue weighted by Crippen LogP contribution is -2.14. The van der Waals surface area contributed by atoms with Gasteiger partial charge in [-0.25, -0.2) is 4.79 Å². The third kappa shape index (κ3) is 10.5. The fraction of sp³-hybridized carbons (Fsp3) is 0.640. The van der Waals surface area contributed by atoms with Gasteiger partial charge in [0.1, 0.15) is 5.75 Å². The van der Waals surface area contributed by atoms with Gasteiger partial charge in [0.15, 0.2) is 6.61 Å². The van der Waals surface area contributed by atoms with Gasteiger partial charge in [-0.15, -0.1) is 0 Å². The van der Waals surface area contributed by atoms with Crippen LogP contribution >= 0.6 is 0 Å². The molecular weight excluding hydrogens is 394 g/mol. The monoisotopic (exact) mass is 431 g/mol. The van der Waals surface area contributed by atoms with Crippen molar-refractivity contribution in [1.82, 2.24) is 0 Å². The number of benzene rings is 1. The Kier molecular flexibility index (Phi) is 11.7. The van der Waals surface area contributed by atoms with Crippen LogP contribution in [0.2, 0.25) is 0 Å². The number of ether oxygens (including phenoxy) is 2. The van der Waals surface area contributed by atoms with E-state index in [-0.39, 0.29) is 12.6 Å². The molecule has 0 aromatic heterocycles. The van der Waals surface area contributed by atoms with Gasteiger partial charge in [-0.2, -0.15) is 0 Å². The highest BCUT2D eigenvalue weighted by Gasteiger charge is 2.10. The smallest absolute Gasteiger partial charge is 0.372 e. The van der Waals surface area contributed by atoms with E-state index >= 15 is 0 Å². The molecule has 1 aliphatic heterocycles. The number of hydrogen-bond acceptors (Lipinski definition) is 6. The van der Waals surface area contributed by atoms with Crippen molar-refractivity contribution in [2.24, 2.45) is 5.16 Å². The maximum Gasteiger partial charge on any atom is 0.372 e. The van der Waals surface area contributed by atoms with Gasteiger partial charge in [0.2, 0.25) is 0 Å². The van der Waals surface area contributed by atoms with Crippen LogP contribution in [0.1, 0.15) is 88.2 Å². The molecular formula is C25H37NO5. The third-order valence-corrected chi connectivity index (χ3v) is 5.65. The van der Waals surface area contributed by atoms with Gasteiger partial charge in [-0.3, -0.25) is 4.79 Å². The number of nitrogens with zero attached hydrogens (tertiary/aromatic N) is 1. The molecule has 1 aromatic carbocycles. The van der Waals surface area contributed by atoms with E-state index in [0.717, 1.165) is 48.9 Å². The molecule has 1 heterocycles. The predicted molar refractivity (Wildman–Crippen MR) is 121 cm³/mol. The Hall–Kier alpha value is -2.37. The lowest BCUT2D eigenvalue weighted by Gasteiger charge is -2.10. The Labute approximate surface area is 186 Å². The second-order valence-electron chi connectivity index (χ2n) is 8.26. The minimum absolute atomic E-state index is 0.124. The van der Waals surface area contributed by atoms with Crippen molar-refractivity contribution in [3.63, 3.8) is 0 Å². The number of esters is 1. The molecule has 31 heavy (non-hydrogen) atoms. The number of aryl methyl sites for hydroxylation is 1. The van der Waals surface area contributed by atoms with Crippen LogP contribution in [0.25, 0.3) is 0 Å². The van der Waals surface area contributed by atoms with Gasteiger partial charge >= 0.3 is 11.9 Å². The average molecular weight is 432 g/mol. The summed E-state index contributed by atoms with van der Waals surface area (Å²) in [6, 6.07) is 5.74. The quantitative estimate of drug-likeness (QED) is 0.341. The SMILES string of the molecule is Cc1cccc(OCC(=O)ON=C2CCCCCCCCCCC(=O)OCCC2)c1C. The number of carbonyl (C=O) groups excluding carboxylic acids is 2. The largest absolute Gasteiger partial charge is 0.482 e. The second-order valence-corrected chi connectivity index (χ2v) is 8.26. The highest BCUT2D eigenvalue weighted by atomic mass is 16.7. The van der Waals surface area contributed by atoms with Crippen LogP contribution in [0, 0.1) is 13.8 Å². The molecule has 0 N–H and O–H groups in total. The van der Waals surface area contributed by atoms with Crippen LogP contribution in [0.15, 0.2) is 23.4 Å². The third-order valence-electron chi connectivity index (χ3n) is 5.65. The summed E-state index contributed by atoms with van der Waals surface area (Å²) < 4.78 is 10.9. The molecule has 6 nitrogen and oxygen atoms in total. The van der Waals surface area contributed by atoms with E-state index in [4.69, 9.17) is 14.3 Å². The van der Waals surface area contributed by atoms with E-state index in [1.807, 2.05) is 32.0 Å². The zero-order valence-electron chi connectivity index (χ0n) is 19.1. The topological polar surface area (TPSA) is 74.2 Å². The first-order valence-electron chi connectivity index (χ1n) is 11.7. The van der Waals surface area contributed by atoms with Gasteiger partial charge in [0.05, 0.1) is 12.3 Å². The molecule has 0 radical (unpaired) electrons. The Morgan fingerprint density at radius 2 is 1.58 bits per heavy atom. The summed E-state index contributed by atoms with van der Waals surface area (Å²) in [5.74, 6) is 0.0312. The van der Waals surface area contributed by atoms with Crippen LogP contribution in [-0.4, -0.2) is 30.9 Å². The minimum Gasteiger partial charge on any atom is -0.482 e. The zero-order valence-corrected chi connectivity index (χ0v) is 19.1. The summed E-state index contributed by atoms with van der Waals surface area (Å²) in [5.41, 5.74) is 2.95. The van der Waals surface area contributed by atoms with Crippen molar-refractivity contribution in [2.45, 2.75) is 90.9 Å². The van der Waals surface area contributed by atoms with Crippen molar-refractivity contribution in [1.29, 1.82) is 0 Å². The lowest BCUT2D eigenvalue weighted by molar-refractivity contribution is -0.146. The summed E-state index contributed by atoms with van der Waals surface area (Å²) in [5, 5.41) is 4.10. The fourth-order valence-corrected chi connectivity index (χ4v) is 3.57. The molecule has 6 heteroatoms. The van der Waals surface area contributed by atoms with Gasteiger partial charge in [-0.1, -0.05) is 55.8 Å². The van der Waals surface area contributed by atoms with Gasteiger partial charge in [0, 0.05) is 6.42 Å². The van der Waals surface area contributed by atoms with Gasteiger partial charge in [0.25, 0.3) is 0 Å². The first-order valence-corrected chi connectivity index (χ1v) is 11.7. The number of rotatable bonds is 4. The summed E-state index contributed by atoms with van der Waals surface area (Å²) in [7, 11) is 0. The fourth-order valence-electron chi connectivity index (χ4n) is 3.57. The Morgan fingerprint density at radius 1 is 0.935 bits per heavy atom. The first-order chi connectivity index (χ1) is 15.1. The number of hydrogen-bond donors (Lipinski definition) is 0. The van der Waals surface area contributed by atoms with Crippen LogP contribution in [0.3, 0.4) is 0 Å².